The van der Waals surface area contributed by atoms with Gasteiger partial charge in [-0.15, -0.1) is 0 Å². The maximum Gasteiger partial charge on any atom is 0.221 e. The van der Waals surface area contributed by atoms with Crippen molar-refractivity contribution in [2.75, 3.05) is 13.7 Å². The van der Waals surface area contributed by atoms with Gasteiger partial charge in [0, 0.05) is 12.5 Å². The first kappa shape index (κ1) is 8.39. The van der Waals surface area contributed by atoms with Crippen molar-refractivity contribution in [2.45, 2.75) is 6.92 Å². The number of rotatable bonds is 4. The quantitative estimate of drug-likeness (QED) is 0.495. The molecule has 0 aliphatic heterocycles. The van der Waals surface area contributed by atoms with Gasteiger partial charge < -0.3 is 10.6 Å². The summed E-state index contributed by atoms with van der Waals surface area (Å²) in [6.07, 6.45) is 0. The summed E-state index contributed by atoms with van der Waals surface area (Å²) >= 11 is 0. The molecule has 9 heavy (non-hydrogen) atoms. The Bertz CT molecular complexity index is 95.0. The third-order valence-electron chi connectivity index (χ3n) is 1.02. The Morgan fingerprint density at radius 1 is 1.89 bits per heavy atom. The molecule has 3 N–H and O–H groups in total. The lowest BCUT2D eigenvalue weighted by atomic mass is 10.2. The van der Waals surface area contributed by atoms with Crippen LogP contribution in [0.5, 0.6) is 0 Å². The number of hydrogen-bond donors (Lipinski definition) is 2. The smallest absolute Gasteiger partial charge is 0.221 e. The first-order chi connectivity index (χ1) is 4.18. The van der Waals surface area contributed by atoms with E-state index in [1.165, 1.54) is 7.11 Å². The fourth-order valence-electron chi connectivity index (χ4n) is 0.309. The van der Waals surface area contributed by atoms with Gasteiger partial charge in [-0.25, -0.2) is 5.48 Å². The summed E-state index contributed by atoms with van der Waals surface area (Å²) in [5, 5.41) is 0. The molecular weight excluding hydrogens is 120 g/mol. The predicted octanol–water partition coefficient (Wildman–Crippen LogP) is -0.741. The molecule has 4 nitrogen and oxygen atoms in total. The van der Waals surface area contributed by atoms with Gasteiger partial charge in [0.1, 0.15) is 0 Å². The highest BCUT2D eigenvalue weighted by atomic mass is 16.6. The second kappa shape index (κ2) is 4.29. The van der Waals surface area contributed by atoms with E-state index in [9.17, 15) is 4.79 Å². The Morgan fingerprint density at radius 2 is 2.44 bits per heavy atom. The Kier molecular flexibility index (Phi) is 4.00. The van der Waals surface area contributed by atoms with E-state index in [0.29, 0.717) is 6.54 Å². The van der Waals surface area contributed by atoms with Gasteiger partial charge in [0.2, 0.25) is 5.91 Å². The number of amides is 1. The van der Waals surface area contributed by atoms with Gasteiger partial charge in [-0.1, -0.05) is 6.92 Å². The zero-order valence-electron chi connectivity index (χ0n) is 5.68. The molecule has 1 unspecified atom stereocenters. The van der Waals surface area contributed by atoms with Gasteiger partial charge in [-0.2, -0.15) is 0 Å². The molecular formula is C5H12N2O2. The molecule has 0 rings (SSSR count). The second-order valence-electron chi connectivity index (χ2n) is 1.86. The van der Waals surface area contributed by atoms with Crippen molar-refractivity contribution in [3.63, 3.8) is 0 Å². The zero-order valence-corrected chi connectivity index (χ0v) is 5.68. The van der Waals surface area contributed by atoms with Crippen LogP contribution >= 0.6 is 0 Å². The predicted molar refractivity (Wildman–Crippen MR) is 33.4 cm³/mol. The van der Waals surface area contributed by atoms with Crippen LogP contribution in [0.25, 0.3) is 0 Å². The lowest BCUT2D eigenvalue weighted by Gasteiger charge is -2.05. The molecule has 1 atom stereocenters. The first-order valence-corrected chi connectivity index (χ1v) is 2.73. The molecule has 54 valence electrons. The number of hydrogen-bond acceptors (Lipinski definition) is 3. The first-order valence-electron chi connectivity index (χ1n) is 2.73. The van der Waals surface area contributed by atoms with Gasteiger partial charge in [-0.3, -0.25) is 4.79 Å². The van der Waals surface area contributed by atoms with Crippen LogP contribution in [0.15, 0.2) is 0 Å². The van der Waals surface area contributed by atoms with Crippen LogP contribution < -0.4 is 11.2 Å². The molecule has 0 fully saturated rings. The fraction of sp³-hybridized carbons (Fsp3) is 0.800. The molecule has 4 heteroatoms. The summed E-state index contributed by atoms with van der Waals surface area (Å²) in [6, 6.07) is 0. The SMILES string of the molecule is CONCC(C)C(N)=O. The Morgan fingerprint density at radius 3 is 2.78 bits per heavy atom. The fourth-order valence-corrected chi connectivity index (χ4v) is 0.309. The lowest BCUT2D eigenvalue weighted by molar-refractivity contribution is -0.121. The largest absolute Gasteiger partial charge is 0.369 e. The molecule has 0 heterocycles. The highest BCUT2D eigenvalue weighted by Crippen LogP contribution is 1.87. The van der Waals surface area contributed by atoms with Crippen LogP contribution in [-0.2, 0) is 9.63 Å². The second-order valence-corrected chi connectivity index (χ2v) is 1.86. The number of hydroxylamine groups is 1. The van der Waals surface area contributed by atoms with Gasteiger partial charge in [0.05, 0.1) is 7.11 Å². The van der Waals surface area contributed by atoms with Crippen LogP contribution in [0.1, 0.15) is 6.92 Å². The summed E-state index contributed by atoms with van der Waals surface area (Å²) in [5.41, 5.74) is 7.47. The van der Waals surface area contributed by atoms with Crippen molar-refractivity contribution < 1.29 is 9.63 Å². The minimum absolute atomic E-state index is 0.176. The van der Waals surface area contributed by atoms with Crippen LogP contribution in [0, 0.1) is 5.92 Å². The minimum atomic E-state index is -0.320. The third-order valence-corrected chi connectivity index (χ3v) is 1.02. The van der Waals surface area contributed by atoms with Gasteiger partial charge in [0.15, 0.2) is 0 Å². The van der Waals surface area contributed by atoms with Crippen molar-refractivity contribution >= 4 is 5.91 Å². The zero-order chi connectivity index (χ0) is 7.28. The van der Waals surface area contributed by atoms with Crippen molar-refractivity contribution in [1.29, 1.82) is 0 Å². The summed E-state index contributed by atoms with van der Waals surface area (Å²) in [4.78, 5) is 14.8. The van der Waals surface area contributed by atoms with Crippen molar-refractivity contribution in [2.24, 2.45) is 11.7 Å². The Hall–Kier alpha value is -0.610. The van der Waals surface area contributed by atoms with Crippen LogP contribution in [0.2, 0.25) is 0 Å². The number of carbonyl (C=O) groups excluding carboxylic acids is 1. The summed E-state index contributed by atoms with van der Waals surface area (Å²) < 4.78 is 0. The summed E-state index contributed by atoms with van der Waals surface area (Å²) in [5.74, 6) is -0.496. The van der Waals surface area contributed by atoms with Gasteiger partial charge in [-0.05, 0) is 0 Å². The summed E-state index contributed by atoms with van der Waals surface area (Å²) in [7, 11) is 1.49. The van der Waals surface area contributed by atoms with Crippen LogP contribution in [0.3, 0.4) is 0 Å². The molecule has 0 bridgehead atoms. The molecule has 0 aromatic heterocycles. The number of carbonyl (C=O) groups is 1. The molecule has 1 amide bonds. The molecule has 0 aromatic carbocycles. The highest BCUT2D eigenvalue weighted by Gasteiger charge is 2.06. The standard InChI is InChI=1S/C5H12N2O2/c1-4(5(6)8)3-7-9-2/h4,7H,3H2,1-2H3,(H2,6,8). The van der Waals surface area contributed by atoms with E-state index in [0.717, 1.165) is 0 Å². The number of nitrogens with one attached hydrogen (secondary N) is 1. The lowest BCUT2D eigenvalue weighted by Crippen LogP contribution is -2.30. The minimum Gasteiger partial charge on any atom is -0.369 e. The molecule has 0 spiro atoms. The topological polar surface area (TPSA) is 64.3 Å². The average molecular weight is 132 g/mol. The molecule has 0 aromatic rings. The van der Waals surface area contributed by atoms with E-state index in [-0.39, 0.29) is 11.8 Å². The molecule has 0 aliphatic rings. The van der Waals surface area contributed by atoms with Crippen LogP contribution in [-0.4, -0.2) is 19.6 Å². The maximum atomic E-state index is 10.3. The normalized spacial score (nSPS) is 13.1. The van der Waals surface area contributed by atoms with Gasteiger partial charge >= 0.3 is 0 Å². The Labute approximate surface area is 54.3 Å². The van der Waals surface area contributed by atoms with Crippen molar-refractivity contribution in [3.8, 4) is 0 Å². The van der Waals surface area contributed by atoms with Crippen molar-refractivity contribution in [1.82, 2.24) is 5.48 Å². The molecule has 0 aliphatic carbocycles. The van der Waals surface area contributed by atoms with E-state index in [2.05, 4.69) is 10.3 Å². The number of nitrogens with two attached hydrogens (primary N) is 1. The van der Waals surface area contributed by atoms with E-state index < -0.39 is 0 Å². The van der Waals surface area contributed by atoms with Crippen LogP contribution in [0.4, 0.5) is 0 Å². The van der Waals surface area contributed by atoms with Crippen molar-refractivity contribution in [3.05, 3.63) is 0 Å². The van der Waals surface area contributed by atoms with Gasteiger partial charge in [0.25, 0.3) is 0 Å². The maximum absolute atomic E-state index is 10.3. The molecule has 0 radical (unpaired) electrons. The van der Waals surface area contributed by atoms with E-state index >= 15 is 0 Å². The molecule has 0 saturated heterocycles. The third kappa shape index (κ3) is 3.93. The van der Waals surface area contributed by atoms with E-state index in [4.69, 9.17) is 5.73 Å². The molecule has 0 saturated carbocycles. The monoisotopic (exact) mass is 132 g/mol. The van der Waals surface area contributed by atoms with E-state index in [1.807, 2.05) is 0 Å². The summed E-state index contributed by atoms with van der Waals surface area (Å²) in [6.45, 7) is 2.19. The highest BCUT2D eigenvalue weighted by molar-refractivity contribution is 5.76. The Balaban J connectivity index is 3.27. The number of primary amides is 1. The van der Waals surface area contributed by atoms with E-state index in [1.54, 1.807) is 6.92 Å². The average Bonchev–Trinajstić information content (AvgIpc) is 1.82.